The van der Waals surface area contributed by atoms with Crippen molar-refractivity contribution >= 4 is 34.5 Å². The summed E-state index contributed by atoms with van der Waals surface area (Å²) in [6.07, 6.45) is 0. The third-order valence-electron chi connectivity index (χ3n) is 4.30. The first-order chi connectivity index (χ1) is 12.6. The number of H-pyrrole nitrogens is 1. The highest BCUT2D eigenvalue weighted by Gasteiger charge is 2.18. The number of carboxylic acids is 1. The van der Waals surface area contributed by atoms with Gasteiger partial charge in [0.25, 0.3) is 0 Å². The molecule has 134 valence electrons. The number of hydrogen-bond donors (Lipinski definition) is 3. The quantitative estimate of drug-likeness (QED) is 0.662. The van der Waals surface area contributed by atoms with Crippen molar-refractivity contribution in [3.63, 3.8) is 0 Å². The Morgan fingerprint density at radius 3 is 2.65 bits per heavy atom. The van der Waals surface area contributed by atoms with Crippen molar-refractivity contribution < 1.29 is 14.6 Å². The third-order valence-corrected chi connectivity index (χ3v) is 4.30. The van der Waals surface area contributed by atoms with Crippen molar-refractivity contribution in [2.75, 3.05) is 36.5 Å². The van der Waals surface area contributed by atoms with Gasteiger partial charge in [-0.3, -0.25) is 0 Å². The Labute approximate surface area is 149 Å². The fourth-order valence-corrected chi connectivity index (χ4v) is 2.96. The van der Waals surface area contributed by atoms with Crippen LogP contribution in [0.25, 0.3) is 11.0 Å². The van der Waals surface area contributed by atoms with Gasteiger partial charge in [0.2, 0.25) is 5.95 Å². The Kier molecular flexibility index (Phi) is 4.18. The van der Waals surface area contributed by atoms with Crippen LogP contribution in [0.15, 0.2) is 30.3 Å². The molecule has 1 aliphatic rings. The molecule has 1 saturated heterocycles. The minimum Gasteiger partial charge on any atom is -0.478 e. The number of aromatic nitrogens is 3. The standard InChI is InChI=1S/C18H19N5O3/c1-11-10-14-15(19-11)21-18(23-6-8-26-9-7-23)22-16(14)20-13-4-2-12(3-5-13)17(24)25/h2-5,10H,6-9H2,1H3,(H,24,25)(H2,19,20,21,22). The van der Waals surface area contributed by atoms with E-state index in [9.17, 15) is 4.79 Å². The molecule has 0 atom stereocenters. The van der Waals surface area contributed by atoms with Crippen LogP contribution >= 0.6 is 0 Å². The lowest BCUT2D eigenvalue weighted by Gasteiger charge is -2.27. The summed E-state index contributed by atoms with van der Waals surface area (Å²) in [5, 5.41) is 13.2. The topological polar surface area (TPSA) is 103 Å². The second-order valence-electron chi connectivity index (χ2n) is 6.19. The van der Waals surface area contributed by atoms with Crippen molar-refractivity contribution in [3.05, 3.63) is 41.6 Å². The molecule has 26 heavy (non-hydrogen) atoms. The Bertz CT molecular complexity index is 945. The molecule has 0 radical (unpaired) electrons. The van der Waals surface area contributed by atoms with Gasteiger partial charge < -0.3 is 25.0 Å². The fraction of sp³-hybridized carbons (Fsp3) is 0.278. The maximum atomic E-state index is 11.0. The zero-order valence-electron chi connectivity index (χ0n) is 14.3. The van der Waals surface area contributed by atoms with Crippen LogP contribution in [0.1, 0.15) is 16.1 Å². The van der Waals surface area contributed by atoms with E-state index in [1.165, 1.54) is 0 Å². The van der Waals surface area contributed by atoms with E-state index in [4.69, 9.17) is 14.8 Å². The lowest BCUT2D eigenvalue weighted by Crippen LogP contribution is -2.37. The summed E-state index contributed by atoms with van der Waals surface area (Å²) in [6, 6.07) is 8.58. The average Bonchev–Trinajstić information content (AvgIpc) is 3.03. The number of nitrogens with one attached hydrogen (secondary N) is 2. The molecular weight excluding hydrogens is 334 g/mol. The van der Waals surface area contributed by atoms with Gasteiger partial charge in [-0.1, -0.05) is 0 Å². The molecule has 8 nitrogen and oxygen atoms in total. The molecule has 3 aromatic rings. The van der Waals surface area contributed by atoms with E-state index in [0.29, 0.717) is 25.0 Å². The molecule has 0 aliphatic carbocycles. The largest absolute Gasteiger partial charge is 0.478 e. The number of carbonyl (C=O) groups is 1. The van der Waals surface area contributed by atoms with Gasteiger partial charge in [-0.25, -0.2) is 4.79 Å². The molecule has 0 spiro atoms. The van der Waals surface area contributed by atoms with Gasteiger partial charge in [-0.2, -0.15) is 9.97 Å². The minimum absolute atomic E-state index is 0.245. The van der Waals surface area contributed by atoms with Crippen molar-refractivity contribution in [1.29, 1.82) is 0 Å². The average molecular weight is 353 g/mol. The van der Waals surface area contributed by atoms with E-state index in [0.717, 1.165) is 35.5 Å². The Balaban J connectivity index is 1.71. The first kappa shape index (κ1) is 16.3. The van der Waals surface area contributed by atoms with E-state index >= 15 is 0 Å². The summed E-state index contributed by atoms with van der Waals surface area (Å²) < 4.78 is 5.40. The summed E-state index contributed by atoms with van der Waals surface area (Å²) in [5.41, 5.74) is 2.78. The highest BCUT2D eigenvalue weighted by atomic mass is 16.5. The molecule has 1 aliphatic heterocycles. The molecule has 1 fully saturated rings. The summed E-state index contributed by atoms with van der Waals surface area (Å²) in [7, 11) is 0. The Hall–Kier alpha value is -3.13. The number of aromatic carboxylic acids is 1. The number of benzene rings is 1. The first-order valence-electron chi connectivity index (χ1n) is 8.40. The zero-order chi connectivity index (χ0) is 18.1. The van der Waals surface area contributed by atoms with Crippen LogP contribution in [-0.4, -0.2) is 52.3 Å². The van der Waals surface area contributed by atoms with Crippen molar-refractivity contribution in [2.24, 2.45) is 0 Å². The molecular formula is C18H19N5O3. The lowest BCUT2D eigenvalue weighted by molar-refractivity contribution is 0.0697. The number of ether oxygens (including phenoxy) is 1. The summed E-state index contributed by atoms with van der Waals surface area (Å²) in [5.74, 6) is 0.382. The van der Waals surface area contributed by atoms with E-state index < -0.39 is 5.97 Å². The molecule has 2 aromatic heterocycles. The number of aryl methyl sites for hydroxylation is 1. The predicted molar refractivity (Wildman–Crippen MR) is 98.3 cm³/mol. The predicted octanol–water partition coefficient (Wildman–Crippen LogP) is 2.54. The van der Waals surface area contributed by atoms with Gasteiger partial charge in [0.1, 0.15) is 11.5 Å². The smallest absolute Gasteiger partial charge is 0.335 e. The number of rotatable bonds is 4. The van der Waals surface area contributed by atoms with Crippen molar-refractivity contribution in [3.8, 4) is 0 Å². The number of anilines is 3. The molecule has 4 rings (SSSR count). The van der Waals surface area contributed by atoms with Crippen LogP contribution in [0.4, 0.5) is 17.5 Å². The molecule has 0 amide bonds. The van der Waals surface area contributed by atoms with E-state index in [-0.39, 0.29) is 5.56 Å². The summed E-state index contributed by atoms with van der Waals surface area (Å²) in [4.78, 5) is 25.7. The number of aromatic amines is 1. The van der Waals surface area contributed by atoms with Gasteiger partial charge in [0.05, 0.1) is 24.2 Å². The third kappa shape index (κ3) is 3.18. The molecule has 3 heterocycles. The molecule has 0 saturated carbocycles. The second-order valence-corrected chi connectivity index (χ2v) is 6.19. The monoisotopic (exact) mass is 353 g/mol. The minimum atomic E-state index is -0.947. The number of nitrogens with zero attached hydrogens (tertiary/aromatic N) is 3. The van der Waals surface area contributed by atoms with Gasteiger partial charge >= 0.3 is 5.97 Å². The maximum absolute atomic E-state index is 11.0. The van der Waals surface area contributed by atoms with Crippen LogP contribution < -0.4 is 10.2 Å². The van der Waals surface area contributed by atoms with Gasteiger partial charge in [-0.05, 0) is 37.3 Å². The van der Waals surface area contributed by atoms with Gasteiger partial charge in [-0.15, -0.1) is 0 Å². The Morgan fingerprint density at radius 2 is 1.96 bits per heavy atom. The fourth-order valence-electron chi connectivity index (χ4n) is 2.96. The van der Waals surface area contributed by atoms with E-state index in [1.54, 1.807) is 24.3 Å². The summed E-state index contributed by atoms with van der Waals surface area (Å²) >= 11 is 0. The SMILES string of the molecule is Cc1cc2c(Nc3ccc(C(=O)O)cc3)nc(N3CCOCC3)nc2[nH]1. The van der Waals surface area contributed by atoms with Crippen LogP contribution in [-0.2, 0) is 4.74 Å². The normalized spacial score (nSPS) is 14.6. The van der Waals surface area contributed by atoms with Crippen LogP contribution in [0.5, 0.6) is 0 Å². The first-order valence-corrected chi connectivity index (χ1v) is 8.40. The summed E-state index contributed by atoms with van der Waals surface area (Å²) in [6.45, 7) is 4.78. The van der Waals surface area contributed by atoms with E-state index in [1.807, 2.05) is 13.0 Å². The number of fused-ring (bicyclic) bond motifs is 1. The van der Waals surface area contributed by atoms with Gasteiger partial charge in [0, 0.05) is 24.5 Å². The van der Waals surface area contributed by atoms with E-state index in [2.05, 4.69) is 20.2 Å². The van der Waals surface area contributed by atoms with Crippen molar-refractivity contribution in [1.82, 2.24) is 15.0 Å². The molecule has 0 bridgehead atoms. The number of carboxylic acid groups (broad SMARTS) is 1. The maximum Gasteiger partial charge on any atom is 0.335 e. The van der Waals surface area contributed by atoms with Gasteiger partial charge in [0.15, 0.2) is 0 Å². The molecule has 1 aromatic carbocycles. The Morgan fingerprint density at radius 1 is 1.23 bits per heavy atom. The molecule has 3 N–H and O–H groups in total. The second kappa shape index (κ2) is 6.64. The number of morpholine rings is 1. The lowest BCUT2D eigenvalue weighted by atomic mass is 10.2. The molecule has 8 heteroatoms. The molecule has 0 unspecified atom stereocenters. The number of hydrogen-bond acceptors (Lipinski definition) is 6. The highest BCUT2D eigenvalue weighted by molar-refractivity contribution is 5.91. The van der Waals surface area contributed by atoms with Crippen molar-refractivity contribution in [2.45, 2.75) is 6.92 Å². The van der Waals surface area contributed by atoms with Crippen LogP contribution in [0.2, 0.25) is 0 Å². The van der Waals surface area contributed by atoms with Crippen LogP contribution in [0, 0.1) is 6.92 Å². The highest BCUT2D eigenvalue weighted by Crippen LogP contribution is 2.27. The zero-order valence-corrected chi connectivity index (χ0v) is 14.3. The van der Waals surface area contributed by atoms with Crippen LogP contribution in [0.3, 0.4) is 0 Å².